The predicted molar refractivity (Wildman–Crippen MR) is 102 cm³/mol. The maximum Gasteiger partial charge on any atom is 0.168 e. The van der Waals surface area contributed by atoms with Gasteiger partial charge in [-0.3, -0.25) is 4.79 Å². The van der Waals surface area contributed by atoms with Crippen molar-refractivity contribution in [2.75, 3.05) is 12.4 Å². The molecule has 4 rings (SSSR count). The van der Waals surface area contributed by atoms with E-state index in [9.17, 15) is 9.18 Å². The largest absolute Gasteiger partial charge is 0.497 e. The number of methoxy groups -OCH3 is 1. The molecule has 0 saturated carbocycles. The molecule has 2 aromatic carbocycles. The minimum Gasteiger partial charge on any atom is -0.497 e. The zero-order chi connectivity index (χ0) is 19.0. The Morgan fingerprint density at radius 3 is 2.48 bits per heavy atom. The topological polar surface area (TPSA) is 56.1 Å². The Morgan fingerprint density at radius 1 is 1.11 bits per heavy atom. The van der Waals surface area contributed by atoms with Crippen molar-refractivity contribution in [1.82, 2.24) is 9.78 Å². The van der Waals surface area contributed by atoms with Crippen LogP contribution in [0.15, 0.2) is 48.5 Å². The van der Waals surface area contributed by atoms with Gasteiger partial charge in [-0.05, 0) is 60.9 Å². The van der Waals surface area contributed by atoms with E-state index in [0.717, 1.165) is 23.6 Å². The molecule has 1 aliphatic rings. The molecule has 27 heavy (non-hydrogen) atoms. The van der Waals surface area contributed by atoms with Crippen molar-refractivity contribution < 1.29 is 13.9 Å². The van der Waals surface area contributed by atoms with E-state index in [2.05, 4.69) is 17.3 Å². The van der Waals surface area contributed by atoms with E-state index < -0.39 is 0 Å². The molecule has 1 N–H and O–H groups in total. The number of halogens is 1. The normalized spacial score (nSPS) is 16.1. The number of carbonyl (C=O) groups is 1. The fraction of sp³-hybridized carbons (Fsp3) is 0.238. The molecule has 5 nitrogen and oxygen atoms in total. The maximum atomic E-state index is 13.2. The molecule has 1 aliphatic carbocycles. The van der Waals surface area contributed by atoms with Gasteiger partial charge in [0.05, 0.1) is 24.1 Å². The number of hydrogen-bond donors (Lipinski definition) is 1. The van der Waals surface area contributed by atoms with E-state index in [4.69, 9.17) is 4.74 Å². The van der Waals surface area contributed by atoms with Crippen LogP contribution in [0.5, 0.6) is 5.75 Å². The number of aromatic nitrogens is 2. The lowest BCUT2D eigenvalue weighted by Gasteiger charge is -2.19. The first kappa shape index (κ1) is 17.3. The fourth-order valence-electron chi connectivity index (χ4n) is 3.45. The number of hydrogen-bond acceptors (Lipinski definition) is 4. The van der Waals surface area contributed by atoms with Crippen LogP contribution >= 0.6 is 0 Å². The van der Waals surface area contributed by atoms with E-state index in [1.165, 1.54) is 12.1 Å². The SMILES string of the molecule is COc1ccc(-n2nc(Nc3ccc(F)cc3)c3c2CC(C)CC3=O)cc1. The highest BCUT2D eigenvalue weighted by molar-refractivity contribution is 6.03. The second-order valence-electron chi connectivity index (χ2n) is 6.85. The smallest absolute Gasteiger partial charge is 0.168 e. The van der Waals surface area contributed by atoms with Crippen molar-refractivity contribution in [1.29, 1.82) is 0 Å². The quantitative estimate of drug-likeness (QED) is 0.738. The van der Waals surface area contributed by atoms with Gasteiger partial charge in [0.1, 0.15) is 11.6 Å². The number of nitrogens with one attached hydrogen (secondary N) is 1. The molecule has 6 heteroatoms. The number of Topliss-reactive ketones (excluding diaryl/α,β-unsaturated/α-hetero) is 1. The molecule has 1 unspecified atom stereocenters. The van der Waals surface area contributed by atoms with Gasteiger partial charge >= 0.3 is 0 Å². The fourth-order valence-corrected chi connectivity index (χ4v) is 3.45. The molecule has 1 aromatic heterocycles. The van der Waals surface area contributed by atoms with Gasteiger partial charge in [0.2, 0.25) is 0 Å². The average molecular weight is 365 g/mol. The maximum absolute atomic E-state index is 13.2. The summed E-state index contributed by atoms with van der Waals surface area (Å²) in [5.41, 5.74) is 3.06. The molecular weight excluding hydrogens is 345 g/mol. The third-order valence-electron chi connectivity index (χ3n) is 4.76. The summed E-state index contributed by atoms with van der Waals surface area (Å²) in [4.78, 5) is 12.7. The Balaban J connectivity index is 1.79. The Kier molecular flexibility index (Phi) is 4.39. The summed E-state index contributed by atoms with van der Waals surface area (Å²) in [6.07, 6.45) is 1.27. The first-order valence-corrected chi connectivity index (χ1v) is 8.87. The molecular formula is C21H20FN3O2. The highest BCUT2D eigenvalue weighted by Gasteiger charge is 2.31. The lowest BCUT2D eigenvalue weighted by molar-refractivity contribution is 0.0953. The van der Waals surface area contributed by atoms with Gasteiger partial charge in [0, 0.05) is 12.1 Å². The summed E-state index contributed by atoms with van der Waals surface area (Å²) < 4.78 is 20.2. The Hall–Kier alpha value is -3.15. The lowest BCUT2D eigenvalue weighted by Crippen LogP contribution is -2.19. The monoisotopic (exact) mass is 365 g/mol. The van der Waals surface area contributed by atoms with Crippen molar-refractivity contribution >= 4 is 17.3 Å². The van der Waals surface area contributed by atoms with Gasteiger partial charge in [-0.15, -0.1) is 5.10 Å². The summed E-state index contributed by atoms with van der Waals surface area (Å²) in [5, 5.41) is 7.84. The molecule has 0 spiro atoms. The molecule has 3 aromatic rings. The highest BCUT2D eigenvalue weighted by atomic mass is 19.1. The number of rotatable bonds is 4. The van der Waals surface area contributed by atoms with Crippen molar-refractivity contribution in [3.63, 3.8) is 0 Å². The van der Waals surface area contributed by atoms with E-state index in [1.54, 1.807) is 19.2 Å². The minimum atomic E-state index is -0.309. The van der Waals surface area contributed by atoms with Crippen LogP contribution in [0.1, 0.15) is 29.4 Å². The van der Waals surface area contributed by atoms with Crippen LogP contribution in [0.2, 0.25) is 0 Å². The molecule has 0 amide bonds. The van der Waals surface area contributed by atoms with Gasteiger partial charge in [-0.25, -0.2) is 9.07 Å². The average Bonchev–Trinajstić information content (AvgIpc) is 3.02. The molecule has 138 valence electrons. The predicted octanol–water partition coefficient (Wildman–Crippen LogP) is 4.53. The Bertz CT molecular complexity index is 978. The van der Waals surface area contributed by atoms with Crippen molar-refractivity contribution in [3.05, 3.63) is 65.6 Å². The van der Waals surface area contributed by atoms with Crippen LogP contribution in [-0.4, -0.2) is 22.7 Å². The molecule has 0 saturated heterocycles. The van der Waals surface area contributed by atoms with Crippen LogP contribution in [0, 0.1) is 11.7 Å². The summed E-state index contributed by atoms with van der Waals surface area (Å²) >= 11 is 0. The molecule has 0 fully saturated rings. The molecule has 0 bridgehead atoms. The van der Waals surface area contributed by atoms with Crippen molar-refractivity contribution in [3.8, 4) is 11.4 Å². The van der Waals surface area contributed by atoms with E-state index in [1.807, 2.05) is 28.9 Å². The van der Waals surface area contributed by atoms with Crippen LogP contribution in [-0.2, 0) is 6.42 Å². The number of carbonyl (C=O) groups excluding carboxylic acids is 1. The van der Waals surface area contributed by atoms with Gasteiger partial charge in [0.15, 0.2) is 11.6 Å². The Labute approximate surface area is 156 Å². The summed E-state index contributed by atoms with van der Waals surface area (Å²) in [6.45, 7) is 2.07. The first-order valence-electron chi connectivity index (χ1n) is 8.87. The summed E-state index contributed by atoms with van der Waals surface area (Å²) in [6, 6.07) is 13.6. The summed E-state index contributed by atoms with van der Waals surface area (Å²) in [7, 11) is 1.62. The second-order valence-corrected chi connectivity index (χ2v) is 6.85. The number of nitrogens with zero attached hydrogens (tertiary/aromatic N) is 2. The zero-order valence-electron chi connectivity index (χ0n) is 15.2. The minimum absolute atomic E-state index is 0.0770. The third-order valence-corrected chi connectivity index (χ3v) is 4.76. The number of anilines is 2. The van der Waals surface area contributed by atoms with Gasteiger partial charge in [-0.2, -0.15) is 0 Å². The highest BCUT2D eigenvalue weighted by Crippen LogP contribution is 2.34. The van der Waals surface area contributed by atoms with E-state index in [-0.39, 0.29) is 17.5 Å². The number of ketones is 1. The van der Waals surface area contributed by atoms with E-state index >= 15 is 0 Å². The number of ether oxygens (including phenoxy) is 1. The lowest BCUT2D eigenvalue weighted by atomic mass is 9.87. The van der Waals surface area contributed by atoms with Crippen LogP contribution in [0.25, 0.3) is 5.69 Å². The Morgan fingerprint density at radius 2 is 1.81 bits per heavy atom. The first-order chi connectivity index (χ1) is 13.0. The van der Waals surface area contributed by atoms with Crippen molar-refractivity contribution in [2.24, 2.45) is 5.92 Å². The number of fused-ring (bicyclic) bond motifs is 1. The van der Waals surface area contributed by atoms with Crippen LogP contribution in [0.3, 0.4) is 0 Å². The van der Waals surface area contributed by atoms with E-state index in [0.29, 0.717) is 23.5 Å². The zero-order valence-corrected chi connectivity index (χ0v) is 15.2. The van der Waals surface area contributed by atoms with Crippen molar-refractivity contribution in [2.45, 2.75) is 19.8 Å². The molecule has 0 aliphatic heterocycles. The van der Waals surface area contributed by atoms with Crippen LogP contribution < -0.4 is 10.1 Å². The van der Waals surface area contributed by atoms with Gasteiger partial charge in [0.25, 0.3) is 0 Å². The third kappa shape index (κ3) is 3.30. The summed E-state index contributed by atoms with van der Waals surface area (Å²) in [5.74, 6) is 1.29. The molecule has 1 heterocycles. The van der Waals surface area contributed by atoms with Crippen LogP contribution in [0.4, 0.5) is 15.9 Å². The van der Waals surface area contributed by atoms with Gasteiger partial charge < -0.3 is 10.1 Å². The second kappa shape index (κ2) is 6.87. The molecule has 1 atom stereocenters. The standard InChI is InChI=1S/C21H20FN3O2/c1-13-11-18-20(19(26)12-13)21(23-15-5-3-14(22)4-6-15)24-25(18)16-7-9-17(27-2)10-8-16/h3-10,13H,11-12H2,1-2H3,(H,23,24). The van der Waals surface area contributed by atoms with Gasteiger partial charge in [-0.1, -0.05) is 6.92 Å². The molecule has 0 radical (unpaired) electrons. The number of benzene rings is 2.